The lowest BCUT2D eigenvalue weighted by atomic mass is 10.1. The van der Waals surface area contributed by atoms with E-state index in [1.165, 1.54) is 11.1 Å². The fraction of sp³-hybridized carbons (Fsp3) is 0.304. The smallest absolute Gasteiger partial charge is 0.225 e. The Bertz CT molecular complexity index is 945. The van der Waals surface area contributed by atoms with Gasteiger partial charge in [-0.2, -0.15) is 0 Å². The Labute approximate surface area is 171 Å². The number of nitrogens with zero attached hydrogens (tertiary/aromatic N) is 2. The van der Waals surface area contributed by atoms with Gasteiger partial charge in [0.05, 0.1) is 17.1 Å². The fourth-order valence-electron chi connectivity index (χ4n) is 3.15. The number of benzene rings is 2. The van der Waals surface area contributed by atoms with Crippen molar-refractivity contribution in [3.8, 4) is 11.3 Å². The van der Waals surface area contributed by atoms with Crippen LogP contribution in [0.5, 0.6) is 0 Å². The topological polar surface area (TPSA) is 45.2 Å². The van der Waals surface area contributed by atoms with E-state index in [2.05, 4.69) is 58.5 Å². The molecule has 1 N–H and O–H groups in total. The molecular weight excluding hydrogens is 366 g/mol. The van der Waals surface area contributed by atoms with Gasteiger partial charge in [-0.15, -0.1) is 11.3 Å². The number of carbonyl (C=O) groups is 1. The van der Waals surface area contributed by atoms with Gasteiger partial charge in [0, 0.05) is 23.5 Å². The van der Waals surface area contributed by atoms with Crippen LogP contribution in [0.2, 0.25) is 0 Å². The second-order valence-corrected chi connectivity index (χ2v) is 8.62. The molecule has 0 spiro atoms. The number of hydrogen-bond acceptors (Lipinski definition) is 4. The Balaban J connectivity index is 1.69. The van der Waals surface area contributed by atoms with Gasteiger partial charge in [-0.05, 0) is 39.1 Å². The van der Waals surface area contributed by atoms with Crippen LogP contribution in [0.15, 0.2) is 48.5 Å². The van der Waals surface area contributed by atoms with Crippen LogP contribution in [-0.2, 0) is 24.3 Å². The number of aryl methyl sites for hydroxylation is 2. The summed E-state index contributed by atoms with van der Waals surface area (Å²) in [5, 5.41) is 4.06. The number of rotatable bonds is 7. The highest BCUT2D eigenvalue weighted by molar-refractivity contribution is 7.12. The molecule has 0 unspecified atom stereocenters. The highest BCUT2D eigenvalue weighted by atomic mass is 32.1. The van der Waals surface area contributed by atoms with Gasteiger partial charge in [0.1, 0.15) is 0 Å². The van der Waals surface area contributed by atoms with E-state index in [0.717, 1.165) is 33.3 Å². The van der Waals surface area contributed by atoms with Crippen molar-refractivity contribution in [3.05, 3.63) is 75.1 Å². The number of carbonyl (C=O) groups excluding carboxylic acids is 1. The van der Waals surface area contributed by atoms with Crippen molar-refractivity contribution in [2.45, 2.75) is 33.4 Å². The normalized spacial score (nSPS) is 11.0. The predicted molar refractivity (Wildman–Crippen MR) is 116 cm³/mol. The van der Waals surface area contributed by atoms with E-state index in [1.54, 1.807) is 11.3 Å². The summed E-state index contributed by atoms with van der Waals surface area (Å²) in [6.45, 7) is 5.46. The summed E-state index contributed by atoms with van der Waals surface area (Å²) in [4.78, 5) is 20.4. The molecule has 3 rings (SSSR count). The van der Waals surface area contributed by atoms with Gasteiger partial charge in [-0.3, -0.25) is 4.79 Å². The molecule has 0 aliphatic rings. The zero-order valence-corrected chi connectivity index (χ0v) is 17.8. The second kappa shape index (κ2) is 9.13. The Hall–Kier alpha value is -2.50. The maximum Gasteiger partial charge on any atom is 0.225 e. The lowest BCUT2D eigenvalue weighted by molar-refractivity contribution is -0.120. The molecule has 1 heterocycles. The number of hydrogen-bond donors (Lipinski definition) is 1. The largest absolute Gasteiger partial charge is 0.352 e. The van der Waals surface area contributed by atoms with Crippen LogP contribution in [0.3, 0.4) is 0 Å². The van der Waals surface area contributed by atoms with Crippen LogP contribution in [0, 0.1) is 13.8 Å². The van der Waals surface area contributed by atoms with Gasteiger partial charge in [0.2, 0.25) is 5.91 Å². The molecule has 1 aromatic heterocycles. The van der Waals surface area contributed by atoms with Crippen LogP contribution in [-0.4, -0.2) is 29.9 Å². The third kappa shape index (κ3) is 5.27. The lowest BCUT2D eigenvalue weighted by Gasteiger charge is -2.14. The van der Waals surface area contributed by atoms with E-state index in [4.69, 9.17) is 0 Å². The molecule has 0 fully saturated rings. The minimum Gasteiger partial charge on any atom is -0.352 e. The number of amides is 1. The first kappa shape index (κ1) is 20.2. The summed E-state index contributed by atoms with van der Waals surface area (Å²) in [6, 6.07) is 16.6. The zero-order valence-electron chi connectivity index (χ0n) is 17.0. The minimum atomic E-state index is 0.0247. The standard InChI is InChI=1S/C23H27N3OS/c1-16-9-11-18(12-10-16)23-21(28-17(2)25-23)13-22(27)24-14-19-7-5-6-8-20(19)15-26(3)4/h5-12H,13-15H2,1-4H3,(H,24,27). The Morgan fingerprint density at radius 3 is 2.39 bits per heavy atom. The third-order valence-corrected chi connectivity index (χ3v) is 5.50. The molecule has 2 aromatic carbocycles. The lowest BCUT2D eigenvalue weighted by Crippen LogP contribution is -2.25. The van der Waals surface area contributed by atoms with E-state index in [1.807, 2.05) is 33.2 Å². The molecular formula is C23H27N3OS. The molecule has 0 bridgehead atoms. The fourth-order valence-corrected chi connectivity index (χ4v) is 4.11. The average Bonchev–Trinajstić information content (AvgIpc) is 3.01. The van der Waals surface area contributed by atoms with Crippen molar-refractivity contribution in [1.82, 2.24) is 15.2 Å². The summed E-state index contributed by atoms with van der Waals surface area (Å²) >= 11 is 1.60. The van der Waals surface area contributed by atoms with Gasteiger partial charge in [0.25, 0.3) is 0 Å². The molecule has 0 aliphatic heterocycles. The summed E-state index contributed by atoms with van der Waals surface area (Å²) in [7, 11) is 4.10. The second-order valence-electron chi connectivity index (χ2n) is 7.33. The zero-order chi connectivity index (χ0) is 20.1. The maximum atomic E-state index is 12.6. The number of thiazole rings is 1. The van der Waals surface area contributed by atoms with Gasteiger partial charge in [-0.1, -0.05) is 54.1 Å². The average molecular weight is 394 g/mol. The molecule has 3 aromatic rings. The number of aromatic nitrogens is 1. The van der Waals surface area contributed by atoms with Crippen molar-refractivity contribution >= 4 is 17.2 Å². The summed E-state index contributed by atoms with van der Waals surface area (Å²) in [6.07, 6.45) is 0.352. The van der Waals surface area contributed by atoms with E-state index >= 15 is 0 Å². The molecule has 0 atom stereocenters. The summed E-state index contributed by atoms with van der Waals surface area (Å²) in [5.41, 5.74) is 5.59. The first-order valence-electron chi connectivity index (χ1n) is 9.44. The van der Waals surface area contributed by atoms with Gasteiger partial charge in [-0.25, -0.2) is 4.98 Å². The molecule has 146 valence electrons. The Kier molecular flexibility index (Phi) is 6.60. The van der Waals surface area contributed by atoms with E-state index in [9.17, 15) is 4.79 Å². The first-order valence-corrected chi connectivity index (χ1v) is 10.3. The minimum absolute atomic E-state index is 0.0247. The molecule has 0 saturated carbocycles. The van der Waals surface area contributed by atoms with Gasteiger partial charge >= 0.3 is 0 Å². The number of nitrogens with one attached hydrogen (secondary N) is 1. The molecule has 1 amide bonds. The van der Waals surface area contributed by atoms with Crippen LogP contribution >= 0.6 is 11.3 Å². The van der Waals surface area contributed by atoms with Crippen molar-refractivity contribution in [2.24, 2.45) is 0 Å². The van der Waals surface area contributed by atoms with Crippen LogP contribution in [0.4, 0.5) is 0 Å². The van der Waals surface area contributed by atoms with Crippen molar-refractivity contribution in [3.63, 3.8) is 0 Å². The van der Waals surface area contributed by atoms with Crippen LogP contribution in [0.1, 0.15) is 26.6 Å². The summed E-state index contributed by atoms with van der Waals surface area (Å²) in [5.74, 6) is 0.0247. The van der Waals surface area contributed by atoms with Crippen molar-refractivity contribution in [1.29, 1.82) is 0 Å². The van der Waals surface area contributed by atoms with Gasteiger partial charge < -0.3 is 10.2 Å². The molecule has 0 saturated heterocycles. The predicted octanol–water partition coefficient (Wildman–Crippen LogP) is 4.35. The van der Waals surface area contributed by atoms with Crippen molar-refractivity contribution < 1.29 is 4.79 Å². The Morgan fingerprint density at radius 1 is 1.04 bits per heavy atom. The van der Waals surface area contributed by atoms with E-state index in [-0.39, 0.29) is 5.91 Å². The molecule has 0 radical (unpaired) electrons. The summed E-state index contributed by atoms with van der Waals surface area (Å²) < 4.78 is 0. The quantitative estimate of drug-likeness (QED) is 0.649. The third-order valence-electron chi connectivity index (χ3n) is 4.53. The molecule has 28 heavy (non-hydrogen) atoms. The highest BCUT2D eigenvalue weighted by Gasteiger charge is 2.15. The maximum absolute atomic E-state index is 12.6. The first-order chi connectivity index (χ1) is 13.4. The highest BCUT2D eigenvalue weighted by Crippen LogP contribution is 2.28. The molecule has 4 nitrogen and oxygen atoms in total. The van der Waals surface area contributed by atoms with Gasteiger partial charge in [0.15, 0.2) is 0 Å². The van der Waals surface area contributed by atoms with Crippen molar-refractivity contribution in [2.75, 3.05) is 14.1 Å². The Morgan fingerprint density at radius 2 is 1.71 bits per heavy atom. The van der Waals surface area contributed by atoms with Crippen LogP contribution in [0.25, 0.3) is 11.3 Å². The van der Waals surface area contributed by atoms with E-state index in [0.29, 0.717) is 13.0 Å². The molecule has 5 heteroatoms. The van der Waals surface area contributed by atoms with E-state index < -0.39 is 0 Å². The monoisotopic (exact) mass is 393 g/mol. The van der Waals surface area contributed by atoms with Crippen LogP contribution < -0.4 is 5.32 Å². The molecule has 0 aliphatic carbocycles. The SMILES string of the molecule is Cc1ccc(-c2nc(C)sc2CC(=O)NCc2ccccc2CN(C)C)cc1.